The Labute approximate surface area is 178 Å². The van der Waals surface area contributed by atoms with Crippen molar-refractivity contribution in [1.29, 1.82) is 0 Å². The van der Waals surface area contributed by atoms with Gasteiger partial charge >= 0.3 is 5.97 Å². The molecule has 4 fully saturated rings. The van der Waals surface area contributed by atoms with Crippen LogP contribution in [0.3, 0.4) is 0 Å². The highest BCUT2D eigenvalue weighted by Crippen LogP contribution is 2.63. The van der Waals surface area contributed by atoms with Gasteiger partial charge in [0.25, 0.3) is 5.56 Å². The molecule has 158 valence electrons. The van der Waals surface area contributed by atoms with Gasteiger partial charge in [-0.15, -0.1) is 0 Å². The summed E-state index contributed by atoms with van der Waals surface area (Å²) in [5.74, 6) is -0.439. The molecule has 0 unspecified atom stereocenters. The second kappa shape index (κ2) is 6.80. The van der Waals surface area contributed by atoms with Crippen LogP contribution >= 0.6 is 11.6 Å². The minimum Gasteiger partial charge on any atom is -0.481 e. The van der Waals surface area contributed by atoms with E-state index in [-0.39, 0.29) is 16.4 Å². The summed E-state index contributed by atoms with van der Waals surface area (Å²) in [5, 5.41) is 17.5. The maximum Gasteiger partial charge on any atom is 0.309 e. The minimum absolute atomic E-state index is 0.0484. The largest absolute Gasteiger partial charge is 0.481 e. The Balaban J connectivity index is 1.44. The molecule has 2 atom stereocenters. The van der Waals surface area contributed by atoms with E-state index in [0.717, 1.165) is 24.8 Å². The van der Waals surface area contributed by atoms with Crippen molar-refractivity contribution in [3.63, 3.8) is 0 Å². The van der Waals surface area contributed by atoms with Crippen molar-refractivity contribution >= 4 is 23.3 Å². The average Bonchev–Trinajstić information content (AvgIpc) is 2.69. The zero-order valence-electron chi connectivity index (χ0n) is 16.4. The van der Waals surface area contributed by atoms with Crippen LogP contribution in [0.1, 0.15) is 44.1 Å². The van der Waals surface area contributed by atoms with E-state index in [4.69, 9.17) is 11.6 Å². The van der Waals surface area contributed by atoms with Crippen LogP contribution in [0.15, 0.2) is 35.3 Å². The van der Waals surface area contributed by atoms with Gasteiger partial charge in [-0.3, -0.25) is 9.59 Å². The first kappa shape index (κ1) is 19.5. The lowest BCUT2D eigenvalue weighted by molar-refractivity contribution is -0.173. The highest BCUT2D eigenvalue weighted by atomic mass is 35.5. The van der Waals surface area contributed by atoms with Gasteiger partial charge in [0.05, 0.1) is 22.8 Å². The van der Waals surface area contributed by atoms with Crippen molar-refractivity contribution in [2.75, 3.05) is 5.32 Å². The molecule has 4 bridgehead atoms. The van der Waals surface area contributed by atoms with Gasteiger partial charge in [0.15, 0.2) is 0 Å². The van der Waals surface area contributed by atoms with Gasteiger partial charge in [-0.25, -0.2) is 9.07 Å². The molecular formula is C22H23ClFN3O3. The van der Waals surface area contributed by atoms with Crippen molar-refractivity contribution in [1.82, 2.24) is 9.78 Å². The molecule has 2 aromatic rings. The van der Waals surface area contributed by atoms with Gasteiger partial charge in [0, 0.05) is 6.54 Å². The summed E-state index contributed by atoms with van der Waals surface area (Å²) in [6, 6.07) is 6.07. The van der Waals surface area contributed by atoms with E-state index in [1.165, 1.54) is 16.8 Å². The molecule has 0 saturated heterocycles. The number of aliphatic carboxylic acids is 1. The molecule has 2 N–H and O–H groups in total. The number of nitrogens with zero attached hydrogens (tertiary/aromatic N) is 2. The fraction of sp³-hybridized carbons (Fsp3) is 0.500. The zero-order chi connectivity index (χ0) is 21.1. The number of anilines is 1. The Hall–Kier alpha value is -2.41. The Kier molecular flexibility index (Phi) is 4.43. The van der Waals surface area contributed by atoms with Gasteiger partial charge in [-0.2, -0.15) is 5.10 Å². The van der Waals surface area contributed by atoms with E-state index < -0.39 is 16.9 Å². The molecule has 0 radical (unpaired) electrons. The average molecular weight is 432 g/mol. The monoisotopic (exact) mass is 431 g/mol. The number of carboxylic acid groups (broad SMARTS) is 1. The van der Waals surface area contributed by atoms with Gasteiger partial charge in [-0.1, -0.05) is 23.7 Å². The number of hydrogen-bond donors (Lipinski definition) is 2. The lowest BCUT2D eigenvalue weighted by Crippen LogP contribution is -2.61. The molecule has 6 rings (SSSR count). The first-order valence-corrected chi connectivity index (χ1v) is 10.7. The lowest BCUT2D eigenvalue weighted by atomic mass is 9.47. The third kappa shape index (κ3) is 3.02. The highest BCUT2D eigenvalue weighted by molar-refractivity contribution is 6.32. The van der Waals surface area contributed by atoms with E-state index in [0.29, 0.717) is 43.3 Å². The van der Waals surface area contributed by atoms with Gasteiger partial charge < -0.3 is 10.4 Å². The summed E-state index contributed by atoms with van der Waals surface area (Å²) in [7, 11) is 0. The minimum atomic E-state index is -0.753. The lowest BCUT2D eigenvalue weighted by Gasteiger charge is -2.60. The van der Waals surface area contributed by atoms with Gasteiger partial charge in [0.1, 0.15) is 10.8 Å². The molecular weight excluding hydrogens is 409 g/mol. The molecule has 4 aliphatic carbocycles. The number of hydrogen-bond acceptors (Lipinski definition) is 4. The van der Waals surface area contributed by atoms with Crippen LogP contribution in [0.2, 0.25) is 5.02 Å². The fourth-order valence-corrected chi connectivity index (χ4v) is 6.60. The van der Waals surface area contributed by atoms with Gasteiger partial charge in [0.2, 0.25) is 0 Å². The van der Waals surface area contributed by atoms with E-state index in [9.17, 15) is 19.1 Å². The smallest absolute Gasteiger partial charge is 0.309 e. The molecule has 0 amide bonds. The first-order valence-electron chi connectivity index (χ1n) is 10.3. The first-order chi connectivity index (χ1) is 14.3. The van der Waals surface area contributed by atoms with Gasteiger partial charge in [-0.05, 0) is 68.1 Å². The summed E-state index contributed by atoms with van der Waals surface area (Å²) in [5.41, 5.74) is -0.445. The molecule has 1 aromatic heterocycles. The predicted octanol–water partition coefficient (Wildman–Crippen LogP) is 4.03. The third-order valence-electron chi connectivity index (χ3n) is 7.25. The van der Waals surface area contributed by atoms with Crippen molar-refractivity contribution in [3.05, 3.63) is 57.2 Å². The van der Waals surface area contributed by atoms with Crippen LogP contribution in [-0.2, 0) is 16.9 Å². The van der Waals surface area contributed by atoms with Crippen molar-refractivity contribution < 1.29 is 14.3 Å². The number of nitrogens with one attached hydrogen (secondary N) is 1. The standard InChI is InChI=1S/C22H23ClFN3O3/c23-18-17(25-10-13-1-3-16(24)4-2-13)11-26-27(19(18)28)22-8-14-5-15(9-22)7-21(6-14,12-22)20(29)30/h1-4,11,14-15,25H,5-10,12H2,(H,29,30)/t14-,15-,21?,22?/m1/s1. The fourth-order valence-electron chi connectivity index (χ4n) is 6.41. The molecule has 4 saturated carbocycles. The summed E-state index contributed by atoms with van der Waals surface area (Å²) in [6.45, 7) is 0.378. The summed E-state index contributed by atoms with van der Waals surface area (Å²) in [4.78, 5) is 25.3. The van der Waals surface area contributed by atoms with Crippen LogP contribution in [0.4, 0.5) is 10.1 Å². The predicted molar refractivity (Wildman–Crippen MR) is 110 cm³/mol. The number of halogens is 2. The van der Waals surface area contributed by atoms with E-state index in [1.54, 1.807) is 18.3 Å². The Bertz CT molecular complexity index is 1050. The van der Waals surface area contributed by atoms with E-state index >= 15 is 0 Å². The summed E-state index contributed by atoms with van der Waals surface area (Å²) in [6.07, 6.45) is 5.97. The van der Waals surface area contributed by atoms with Crippen molar-refractivity contribution in [2.45, 2.75) is 50.6 Å². The molecule has 6 nitrogen and oxygen atoms in total. The van der Waals surface area contributed by atoms with Crippen LogP contribution in [-0.4, -0.2) is 20.9 Å². The molecule has 1 aromatic carbocycles. The number of benzene rings is 1. The molecule has 30 heavy (non-hydrogen) atoms. The topological polar surface area (TPSA) is 84.2 Å². The van der Waals surface area contributed by atoms with Crippen LogP contribution in [0.5, 0.6) is 0 Å². The highest BCUT2D eigenvalue weighted by Gasteiger charge is 2.62. The second-order valence-corrected chi connectivity index (χ2v) is 9.72. The Morgan fingerprint density at radius 1 is 1.23 bits per heavy atom. The SMILES string of the molecule is O=C(O)C12C[C@H]3C[C@H](C1)CC(n1ncc(NCc4ccc(F)cc4)c(Cl)c1=O)(C3)C2. The van der Waals surface area contributed by atoms with Crippen LogP contribution in [0, 0.1) is 23.1 Å². The van der Waals surface area contributed by atoms with Crippen LogP contribution in [0.25, 0.3) is 0 Å². The molecule has 4 aliphatic rings. The number of carboxylic acids is 1. The normalized spacial score (nSPS) is 31.7. The number of rotatable bonds is 5. The second-order valence-electron chi connectivity index (χ2n) is 9.34. The number of aromatic nitrogens is 2. The zero-order valence-corrected chi connectivity index (χ0v) is 17.2. The Morgan fingerprint density at radius 2 is 1.90 bits per heavy atom. The third-order valence-corrected chi connectivity index (χ3v) is 7.61. The van der Waals surface area contributed by atoms with Crippen LogP contribution < -0.4 is 10.9 Å². The number of carbonyl (C=O) groups is 1. The van der Waals surface area contributed by atoms with Crippen molar-refractivity contribution in [2.24, 2.45) is 17.3 Å². The molecule has 0 aliphatic heterocycles. The van der Waals surface area contributed by atoms with Crippen molar-refractivity contribution in [3.8, 4) is 0 Å². The molecule has 0 spiro atoms. The Morgan fingerprint density at radius 3 is 2.53 bits per heavy atom. The summed E-state index contributed by atoms with van der Waals surface area (Å²) < 4.78 is 14.5. The molecule has 1 heterocycles. The quantitative estimate of drug-likeness (QED) is 0.746. The maximum absolute atomic E-state index is 13.2. The van der Waals surface area contributed by atoms with E-state index in [1.807, 2.05) is 0 Å². The summed E-state index contributed by atoms with van der Waals surface area (Å²) >= 11 is 6.42. The van der Waals surface area contributed by atoms with E-state index in [2.05, 4.69) is 10.4 Å². The molecule has 8 heteroatoms. The maximum atomic E-state index is 13.2.